The van der Waals surface area contributed by atoms with Crippen molar-refractivity contribution in [2.24, 2.45) is 11.8 Å². The Morgan fingerprint density at radius 3 is 2.80 bits per heavy atom. The molecule has 1 aromatic rings. The molecule has 3 nitrogen and oxygen atoms in total. The van der Waals surface area contributed by atoms with E-state index in [4.69, 9.17) is 0 Å². The molecular weight excluding hydrogens is 246 g/mol. The lowest BCUT2D eigenvalue weighted by Crippen LogP contribution is -2.42. The maximum Gasteiger partial charge on any atom is 0.0299 e. The van der Waals surface area contributed by atoms with Crippen molar-refractivity contribution in [1.29, 1.82) is 0 Å². The minimum atomic E-state index is 0.861. The van der Waals surface area contributed by atoms with Crippen molar-refractivity contribution in [3.8, 4) is 0 Å². The van der Waals surface area contributed by atoms with Gasteiger partial charge in [-0.25, -0.2) is 0 Å². The topological polar surface area (TPSA) is 28.2 Å². The summed E-state index contributed by atoms with van der Waals surface area (Å²) in [5.41, 5.74) is 1.41. The Hall–Kier alpha value is -0.930. The Labute approximate surface area is 122 Å². The third kappa shape index (κ3) is 4.03. The maximum atomic E-state index is 4.23. The molecule has 0 aliphatic carbocycles. The number of pyridine rings is 1. The van der Waals surface area contributed by atoms with E-state index in [-0.39, 0.29) is 0 Å². The molecule has 1 atom stereocenters. The second-order valence-electron chi connectivity index (χ2n) is 6.52. The van der Waals surface area contributed by atoms with Gasteiger partial charge in [-0.15, -0.1) is 0 Å². The molecule has 1 aromatic heterocycles. The summed E-state index contributed by atoms with van der Waals surface area (Å²) in [5.74, 6) is 1.75. The van der Waals surface area contributed by atoms with E-state index in [1.54, 1.807) is 0 Å². The molecule has 0 amide bonds. The highest BCUT2D eigenvalue weighted by Gasteiger charge is 2.22. The number of nitrogens with one attached hydrogen (secondary N) is 1. The molecule has 2 saturated heterocycles. The number of likely N-dealkylation sites (tertiary alicyclic amines) is 1. The van der Waals surface area contributed by atoms with Crippen molar-refractivity contribution in [3.63, 3.8) is 0 Å². The van der Waals surface area contributed by atoms with Gasteiger partial charge in [-0.3, -0.25) is 4.98 Å². The van der Waals surface area contributed by atoms with E-state index in [1.165, 1.54) is 70.4 Å². The molecule has 3 heterocycles. The van der Waals surface area contributed by atoms with E-state index in [0.717, 1.165) is 11.8 Å². The van der Waals surface area contributed by atoms with Gasteiger partial charge >= 0.3 is 0 Å². The fourth-order valence-corrected chi connectivity index (χ4v) is 3.67. The zero-order valence-electron chi connectivity index (χ0n) is 12.4. The van der Waals surface area contributed by atoms with Crippen molar-refractivity contribution in [2.75, 3.05) is 32.7 Å². The number of nitrogens with zero attached hydrogens (tertiary/aromatic N) is 2. The SMILES string of the molecule is c1cncc(CC2CCN(CC3CCCNC3)CC2)c1. The van der Waals surface area contributed by atoms with Gasteiger partial charge in [0.1, 0.15) is 0 Å². The fourth-order valence-electron chi connectivity index (χ4n) is 3.67. The first-order valence-corrected chi connectivity index (χ1v) is 8.22. The van der Waals surface area contributed by atoms with E-state index in [1.807, 2.05) is 12.4 Å². The van der Waals surface area contributed by atoms with Crippen LogP contribution in [0.25, 0.3) is 0 Å². The molecule has 20 heavy (non-hydrogen) atoms. The molecule has 3 heteroatoms. The summed E-state index contributed by atoms with van der Waals surface area (Å²) in [6, 6.07) is 4.27. The molecule has 2 aliphatic rings. The average Bonchev–Trinajstić information content (AvgIpc) is 2.51. The molecule has 110 valence electrons. The molecule has 0 aromatic carbocycles. The van der Waals surface area contributed by atoms with E-state index in [9.17, 15) is 0 Å². The first-order valence-electron chi connectivity index (χ1n) is 8.22. The van der Waals surface area contributed by atoms with Crippen molar-refractivity contribution in [2.45, 2.75) is 32.1 Å². The lowest BCUT2D eigenvalue weighted by molar-refractivity contribution is 0.150. The Balaban J connectivity index is 1.40. The Kier molecular flexibility index (Phi) is 5.04. The summed E-state index contributed by atoms with van der Waals surface area (Å²) in [7, 11) is 0. The molecule has 2 aliphatic heterocycles. The lowest BCUT2D eigenvalue weighted by atomic mass is 9.90. The second-order valence-corrected chi connectivity index (χ2v) is 6.52. The van der Waals surface area contributed by atoms with E-state index < -0.39 is 0 Å². The van der Waals surface area contributed by atoms with Crippen LogP contribution >= 0.6 is 0 Å². The van der Waals surface area contributed by atoms with E-state index >= 15 is 0 Å². The van der Waals surface area contributed by atoms with Crippen LogP contribution in [0.1, 0.15) is 31.2 Å². The predicted molar refractivity (Wildman–Crippen MR) is 82.7 cm³/mol. The number of hydrogen-bond donors (Lipinski definition) is 1. The van der Waals surface area contributed by atoms with Gasteiger partial charge < -0.3 is 10.2 Å². The first kappa shape index (κ1) is 14.0. The van der Waals surface area contributed by atoms with Crippen molar-refractivity contribution >= 4 is 0 Å². The summed E-state index contributed by atoms with van der Waals surface area (Å²) >= 11 is 0. The number of piperidine rings is 2. The van der Waals surface area contributed by atoms with Crippen LogP contribution in [0.2, 0.25) is 0 Å². The highest BCUT2D eigenvalue weighted by Crippen LogP contribution is 2.23. The van der Waals surface area contributed by atoms with Crippen LogP contribution in [0, 0.1) is 11.8 Å². The van der Waals surface area contributed by atoms with Crippen molar-refractivity contribution in [3.05, 3.63) is 30.1 Å². The van der Waals surface area contributed by atoms with Gasteiger partial charge in [-0.1, -0.05) is 6.07 Å². The van der Waals surface area contributed by atoms with E-state index in [0.29, 0.717) is 0 Å². The van der Waals surface area contributed by atoms with Crippen LogP contribution in [-0.2, 0) is 6.42 Å². The first-order chi connectivity index (χ1) is 9.90. The standard InChI is InChI=1S/C17H27N3/c1-3-16(12-18-7-1)11-15-5-9-20(10-6-15)14-17-4-2-8-19-13-17/h1,3,7,12,15,17,19H,2,4-6,8-11,13-14H2. The van der Waals surface area contributed by atoms with E-state index in [2.05, 4.69) is 27.3 Å². The summed E-state index contributed by atoms with van der Waals surface area (Å²) in [5, 5.41) is 3.53. The molecule has 0 bridgehead atoms. The second kappa shape index (κ2) is 7.19. The summed E-state index contributed by atoms with van der Waals surface area (Å²) in [4.78, 5) is 6.92. The number of rotatable bonds is 4. The molecule has 0 saturated carbocycles. The average molecular weight is 273 g/mol. The highest BCUT2D eigenvalue weighted by molar-refractivity contribution is 5.09. The minimum Gasteiger partial charge on any atom is -0.316 e. The predicted octanol–water partition coefficient (Wildman–Crippen LogP) is 2.34. The molecule has 1 unspecified atom stereocenters. The third-order valence-electron chi connectivity index (χ3n) is 4.87. The van der Waals surface area contributed by atoms with Crippen LogP contribution in [0.3, 0.4) is 0 Å². The highest BCUT2D eigenvalue weighted by atomic mass is 15.1. The molecule has 0 radical (unpaired) electrons. The Bertz CT molecular complexity index is 378. The number of hydrogen-bond acceptors (Lipinski definition) is 3. The normalized spacial score (nSPS) is 25.7. The molecule has 1 N–H and O–H groups in total. The molecule has 3 rings (SSSR count). The van der Waals surface area contributed by atoms with Crippen LogP contribution in [0.15, 0.2) is 24.5 Å². The van der Waals surface area contributed by atoms with Gasteiger partial charge in [0.15, 0.2) is 0 Å². The molecule has 2 fully saturated rings. The van der Waals surface area contributed by atoms with Crippen molar-refractivity contribution in [1.82, 2.24) is 15.2 Å². The zero-order chi connectivity index (χ0) is 13.6. The van der Waals surface area contributed by atoms with Gasteiger partial charge in [0.05, 0.1) is 0 Å². The quantitative estimate of drug-likeness (QED) is 0.912. The van der Waals surface area contributed by atoms with Gasteiger partial charge in [0.25, 0.3) is 0 Å². The Morgan fingerprint density at radius 2 is 2.10 bits per heavy atom. The zero-order valence-corrected chi connectivity index (χ0v) is 12.4. The van der Waals surface area contributed by atoms with Gasteiger partial charge in [0, 0.05) is 18.9 Å². The van der Waals surface area contributed by atoms with Crippen LogP contribution in [0.4, 0.5) is 0 Å². The largest absolute Gasteiger partial charge is 0.316 e. The minimum absolute atomic E-state index is 0.861. The van der Waals surface area contributed by atoms with Gasteiger partial charge in [0.2, 0.25) is 0 Å². The summed E-state index contributed by atoms with van der Waals surface area (Å²) in [6.07, 6.45) is 10.6. The van der Waals surface area contributed by atoms with Crippen LogP contribution < -0.4 is 5.32 Å². The van der Waals surface area contributed by atoms with Crippen molar-refractivity contribution < 1.29 is 0 Å². The Morgan fingerprint density at radius 1 is 1.20 bits per heavy atom. The molecular formula is C17H27N3. The molecule has 0 spiro atoms. The lowest BCUT2D eigenvalue weighted by Gasteiger charge is -2.35. The van der Waals surface area contributed by atoms with Gasteiger partial charge in [-0.05, 0) is 81.7 Å². The number of aromatic nitrogens is 1. The third-order valence-corrected chi connectivity index (χ3v) is 4.87. The van der Waals surface area contributed by atoms with Crippen LogP contribution in [-0.4, -0.2) is 42.6 Å². The summed E-state index contributed by atoms with van der Waals surface area (Å²) < 4.78 is 0. The smallest absolute Gasteiger partial charge is 0.0299 e. The monoisotopic (exact) mass is 273 g/mol. The fraction of sp³-hybridized carbons (Fsp3) is 0.706. The van der Waals surface area contributed by atoms with Gasteiger partial charge in [-0.2, -0.15) is 0 Å². The summed E-state index contributed by atoms with van der Waals surface area (Å²) in [6.45, 7) is 6.36. The maximum absolute atomic E-state index is 4.23. The van der Waals surface area contributed by atoms with Crippen LogP contribution in [0.5, 0.6) is 0 Å².